The van der Waals surface area contributed by atoms with Crippen molar-refractivity contribution >= 4 is 35.4 Å². The largest absolute Gasteiger partial charge is 0.478 e. The fourth-order valence-corrected chi connectivity index (χ4v) is 4.80. The lowest BCUT2D eigenvalue weighted by Gasteiger charge is -2.27. The van der Waals surface area contributed by atoms with E-state index < -0.39 is 23.7 Å². The average molecular weight is 469 g/mol. The second-order valence-corrected chi connectivity index (χ2v) is 10.5. The van der Waals surface area contributed by atoms with Crippen LogP contribution in [0.5, 0.6) is 0 Å². The van der Waals surface area contributed by atoms with Crippen LogP contribution in [-0.4, -0.2) is 40.5 Å². The molecule has 0 bridgehead atoms. The maximum Gasteiger partial charge on any atom is 0.408 e. The number of carbonyl (C=O) groups is 3. The maximum atomic E-state index is 13.6. The summed E-state index contributed by atoms with van der Waals surface area (Å²) in [5.41, 5.74) is 2.18. The minimum atomic E-state index is -1.06. The van der Waals surface area contributed by atoms with Crippen LogP contribution in [0.2, 0.25) is 0 Å². The van der Waals surface area contributed by atoms with Crippen LogP contribution in [0.25, 0.3) is 0 Å². The number of aromatic carboxylic acids is 1. The minimum Gasteiger partial charge on any atom is -0.478 e. The lowest BCUT2D eigenvalue weighted by molar-refractivity contribution is -0.120. The number of alkyl carbamates (subject to hydrolysis) is 1. The van der Waals surface area contributed by atoms with Gasteiger partial charge in [0.15, 0.2) is 0 Å². The first-order valence-corrected chi connectivity index (χ1v) is 12.0. The number of fused-ring (bicyclic) bond motifs is 1. The number of carboxylic acid groups (broad SMARTS) is 1. The van der Waals surface area contributed by atoms with Gasteiger partial charge in [0, 0.05) is 10.6 Å². The van der Waals surface area contributed by atoms with E-state index in [1.54, 1.807) is 31.7 Å². The summed E-state index contributed by atoms with van der Waals surface area (Å²) in [6.45, 7) is 5.55. The monoisotopic (exact) mass is 468 g/mol. The Morgan fingerprint density at radius 1 is 1.15 bits per heavy atom. The smallest absolute Gasteiger partial charge is 0.408 e. The first-order valence-electron chi connectivity index (χ1n) is 11.0. The quantitative estimate of drug-likeness (QED) is 0.655. The summed E-state index contributed by atoms with van der Waals surface area (Å²) in [7, 11) is 0. The molecule has 1 atom stereocenters. The summed E-state index contributed by atoms with van der Waals surface area (Å²) >= 11 is 1.41. The van der Waals surface area contributed by atoms with Crippen LogP contribution in [-0.2, 0) is 16.1 Å². The number of nitrogens with one attached hydrogen (secondary N) is 1. The molecule has 2 aliphatic rings. The third kappa shape index (κ3) is 5.68. The van der Waals surface area contributed by atoms with Crippen molar-refractivity contribution in [2.45, 2.75) is 62.6 Å². The van der Waals surface area contributed by atoms with Crippen LogP contribution in [0, 0.1) is 0 Å². The Bertz CT molecular complexity index is 1070. The zero-order chi connectivity index (χ0) is 23.8. The van der Waals surface area contributed by atoms with Gasteiger partial charge in [-0.25, -0.2) is 9.59 Å². The molecule has 0 radical (unpaired) electrons. The Hall–Kier alpha value is -3.00. The van der Waals surface area contributed by atoms with Crippen molar-refractivity contribution < 1.29 is 24.2 Å². The Balaban J connectivity index is 1.63. The van der Waals surface area contributed by atoms with Crippen LogP contribution in [0.15, 0.2) is 47.4 Å². The fraction of sp³-hybridized carbons (Fsp3) is 0.400. The van der Waals surface area contributed by atoms with Gasteiger partial charge in [-0.2, -0.15) is 0 Å². The molecule has 33 heavy (non-hydrogen) atoms. The highest BCUT2D eigenvalue weighted by Crippen LogP contribution is 2.40. The van der Waals surface area contributed by atoms with E-state index in [1.165, 1.54) is 42.3 Å². The molecule has 2 amide bonds. The highest BCUT2D eigenvalue weighted by Gasteiger charge is 2.34. The van der Waals surface area contributed by atoms with Crippen LogP contribution in [0.4, 0.5) is 10.5 Å². The van der Waals surface area contributed by atoms with E-state index in [0.717, 1.165) is 10.5 Å². The third-order valence-corrected chi connectivity index (χ3v) is 6.68. The number of rotatable bonds is 5. The van der Waals surface area contributed by atoms with Gasteiger partial charge in [0.25, 0.3) is 5.91 Å². The van der Waals surface area contributed by atoms with E-state index in [1.807, 2.05) is 12.1 Å². The molecule has 0 spiro atoms. The van der Waals surface area contributed by atoms with Crippen molar-refractivity contribution in [2.75, 3.05) is 10.7 Å². The second kappa shape index (κ2) is 9.09. The predicted octanol–water partition coefficient (Wildman–Crippen LogP) is 4.79. The molecule has 174 valence electrons. The number of ether oxygens (including phenoxy) is 1. The molecule has 1 saturated carbocycles. The van der Waals surface area contributed by atoms with Gasteiger partial charge < -0.3 is 20.1 Å². The van der Waals surface area contributed by atoms with E-state index >= 15 is 0 Å². The second-order valence-electron chi connectivity index (χ2n) is 9.44. The number of benzene rings is 2. The highest BCUT2D eigenvalue weighted by atomic mass is 32.2. The molecule has 0 aromatic heterocycles. The van der Waals surface area contributed by atoms with Gasteiger partial charge in [-0.15, -0.1) is 11.8 Å². The van der Waals surface area contributed by atoms with E-state index in [2.05, 4.69) is 17.4 Å². The summed E-state index contributed by atoms with van der Waals surface area (Å²) in [6, 6.07) is 12.2. The molecular formula is C25H28N2O5S. The molecule has 2 N–H and O–H groups in total. The summed E-state index contributed by atoms with van der Waals surface area (Å²) in [5.74, 6) is -0.414. The Morgan fingerprint density at radius 2 is 1.85 bits per heavy atom. The number of carbonyl (C=O) groups excluding carboxylic acids is 2. The third-order valence-electron chi connectivity index (χ3n) is 5.53. The summed E-state index contributed by atoms with van der Waals surface area (Å²) in [5, 5.41) is 12.2. The molecule has 8 heteroatoms. The van der Waals surface area contributed by atoms with Crippen molar-refractivity contribution in [3.05, 3.63) is 59.2 Å². The van der Waals surface area contributed by atoms with Crippen LogP contribution in [0.3, 0.4) is 0 Å². The molecule has 0 unspecified atom stereocenters. The van der Waals surface area contributed by atoms with E-state index in [0.29, 0.717) is 17.4 Å². The van der Waals surface area contributed by atoms with Gasteiger partial charge in [0.1, 0.15) is 11.6 Å². The first-order chi connectivity index (χ1) is 15.6. The molecule has 4 rings (SSSR count). The Morgan fingerprint density at radius 3 is 2.45 bits per heavy atom. The van der Waals surface area contributed by atoms with E-state index in [4.69, 9.17) is 4.74 Å². The van der Waals surface area contributed by atoms with Crippen LogP contribution >= 0.6 is 11.8 Å². The zero-order valence-corrected chi connectivity index (χ0v) is 19.8. The predicted molar refractivity (Wildman–Crippen MR) is 127 cm³/mol. The number of nitrogens with zero attached hydrogens (tertiary/aromatic N) is 1. The molecule has 2 aromatic carbocycles. The SMILES string of the molecule is CC(C)(C)OC(=O)N[C@H]1CSc2ccc(C(=O)O)cc2N(Cc2ccc(C3CC3)cc2)C1=O. The van der Waals surface area contributed by atoms with Gasteiger partial charge in [-0.05, 0) is 68.9 Å². The lowest BCUT2D eigenvalue weighted by Crippen LogP contribution is -2.50. The fourth-order valence-electron chi connectivity index (χ4n) is 3.75. The standard InChI is InChI=1S/C25H28N2O5S/c1-25(2,3)32-24(31)26-19-14-33-21-11-10-18(23(29)30)12-20(21)27(22(19)28)13-15-4-6-16(7-5-15)17-8-9-17/h4-7,10-12,17,19H,8-9,13-14H2,1-3H3,(H,26,31)(H,29,30)/t19-/m0/s1. The number of amides is 2. The van der Waals surface area contributed by atoms with Crippen molar-refractivity contribution in [2.24, 2.45) is 0 Å². The van der Waals surface area contributed by atoms with E-state index in [-0.39, 0.29) is 18.0 Å². The molecule has 1 fully saturated rings. The number of thioether (sulfide) groups is 1. The first kappa shape index (κ1) is 23.2. The van der Waals surface area contributed by atoms with Gasteiger partial charge in [-0.3, -0.25) is 4.79 Å². The molecule has 7 nitrogen and oxygen atoms in total. The highest BCUT2D eigenvalue weighted by molar-refractivity contribution is 7.99. The van der Waals surface area contributed by atoms with Crippen LogP contribution < -0.4 is 10.2 Å². The minimum absolute atomic E-state index is 0.106. The van der Waals surface area contributed by atoms with Crippen molar-refractivity contribution in [3.8, 4) is 0 Å². The topological polar surface area (TPSA) is 95.9 Å². The molecule has 1 aliphatic carbocycles. The number of carboxylic acids is 1. The normalized spacial score (nSPS) is 18.3. The summed E-state index contributed by atoms with van der Waals surface area (Å²) < 4.78 is 5.34. The van der Waals surface area contributed by atoms with Gasteiger partial charge in [0.05, 0.1) is 17.8 Å². The molecule has 1 aliphatic heterocycles. The average Bonchev–Trinajstić information content (AvgIpc) is 3.59. The summed E-state index contributed by atoms with van der Waals surface area (Å²) in [6.07, 6.45) is 1.77. The Kier molecular flexibility index (Phi) is 6.38. The molecule has 0 saturated heterocycles. The lowest BCUT2D eigenvalue weighted by atomic mass is 10.1. The Labute approximate surface area is 197 Å². The molecule has 2 aromatic rings. The number of hydrogen-bond acceptors (Lipinski definition) is 5. The molecular weight excluding hydrogens is 440 g/mol. The zero-order valence-electron chi connectivity index (χ0n) is 19.0. The maximum absolute atomic E-state index is 13.6. The number of anilines is 1. The molecule has 1 heterocycles. The van der Waals surface area contributed by atoms with Crippen molar-refractivity contribution in [1.82, 2.24) is 5.32 Å². The summed E-state index contributed by atoms with van der Waals surface area (Å²) in [4.78, 5) is 39.9. The number of hydrogen-bond donors (Lipinski definition) is 2. The van der Waals surface area contributed by atoms with Gasteiger partial charge in [0.2, 0.25) is 0 Å². The van der Waals surface area contributed by atoms with Crippen LogP contribution in [0.1, 0.15) is 61.0 Å². The van der Waals surface area contributed by atoms with Crippen molar-refractivity contribution in [3.63, 3.8) is 0 Å². The van der Waals surface area contributed by atoms with E-state index in [9.17, 15) is 19.5 Å². The van der Waals surface area contributed by atoms with Crippen molar-refractivity contribution in [1.29, 1.82) is 0 Å². The van der Waals surface area contributed by atoms with Gasteiger partial charge in [-0.1, -0.05) is 24.3 Å². The van der Waals surface area contributed by atoms with Gasteiger partial charge >= 0.3 is 12.1 Å².